The molecule has 1 aliphatic carbocycles. The van der Waals surface area contributed by atoms with E-state index in [1.54, 1.807) is 19.3 Å². The van der Waals surface area contributed by atoms with Gasteiger partial charge in [0.1, 0.15) is 11.7 Å². The van der Waals surface area contributed by atoms with Crippen LogP contribution in [-0.4, -0.2) is 32.6 Å². The molecule has 1 aliphatic rings. The topological polar surface area (TPSA) is 88.9 Å². The van der Waals surface area contributed by atoms with Gasteiger partial charge in [-0.05, 0) is 74.4 Å². The van der Waals surface area contributed by atoms with Gasteiger partial charge in [0.25, 0.3) is 5.91 Å². The average Bonchev–Trinajstić information content (AvgIpc) is 3.25. The predicted octanol–water partition coefficient (Wildman–Crippen LogP) is 4.49. The van der Waals surface area contributed by atoms with Crippen LogP contribution in [0.25, 0.3) is 11.1 Å². The van der Waals surface area contributed by atoms with Crippen LogP contribution in [-0.2, 0) is 11.8 Å². The Morgan fingerprint density at radius 3 is 2.50 bits per heavy atom. The maximum Gasteiger partial charge on any atom is 0.270 e. The normalized spacial score (nSPS) is 16.5. The Balaban J connectivity index is 1.53. The number of rotatable bonds is 6. The van der Waals surface area contributed by atoms with Gasteiger partial charge in [-0.2, -0.15) is 5.10 Å². The zero-order valence-electron chi connectivity index (χ0n) is 19.5. The number of aryl methyl sites for hydroxylation is 3. The SMILES string of the molecule is Cc1ccnc(C)c1-c1ccc(NC(=O)[C@@H](NC(=O)c2ccnn2C)C2CC=C(F)CC2)cc1. The molecule has 0 radical (unpaired) electrons. The molecule has 8 heteroatoms. The Morgan fingerprint density at radius 1 is 1.12 bits per heavy atom. The number of hydrogen-bond acceptors (Lipinski definition) is 4. The summed E-state index contributed by atoms with van der Waals surface area (Å²) in [5.74, 6) is -1.12. The Hall–Kier alpha value is -3.81. The number of hydrogen-bond donors (Lipinski definition) is 2. The lowest BCUT2D eigenvalue weighted by Gasteiger charge is -2.28. The van der Waals surface area contributed by atoms with E-state index in [0.717, 1.165) is 22.4 Å². The zero-order chi connectivity index (χ0) is 24.2. The summed E-state index contributed by atoms with van der Waals surface area (Å²) in [6.07, 6.45) is 5.93. The summed E-state index contributed by atoms with van der Waals surface area (Å²) >= 11 is 0. The highest BCUT2D eigenvalue weighted by atomic mass is 19.1. The summed E-state index contributed by atoms with van der Waals surface area (Å²) in [7, 11) is 1.66. The van der Waals surface area contributed by atoms with E-state index in [4.69, 9.17) is 0 Å². The highest BCUT2D eigenvalue weighted by molar-refractivity contribution is 6.00. The molecule has 2 aromatic heterocycles. The third-order valence-electron chi connectivity index (χ3n) is 6.28. The molecule has 34 heavy (non-hydrogen) atoms. The van der Waals surface area contributed by atoms with Crippen LogP contribution in [0.1, 0.15) is 41.0 Å². The van der Waals surface area contributed by atoms with Crippen LogP contribution in [0.5, 0.6) is 0 Å². The van der Waals surface area contributed by atoms with Crippen molar-refractivity contribution >= 4 is 17.5 Å². The number of carbonyl (C=O) groups excluding carboxylic acids is 2. The van der Waals surface area contributed by atoms with Gasteiger partial charge in [0.05, 0.1) is 5.83 Å². The van der Waals surface area contributed by atoms with Crippen molar-refractivity contribution in [1.29, 1.82) is 0 Å². The van der Waals surface area contributed by atoms with Gasteiger partial charge in [-0.3, -0.25) is 19.3 Å². The number of anilines is 1. The summed E-state index contributed by atoms with van der Waals surface area (Å²) in [6.45, 7) is 4.01. The van der Waals surface area contributed by atoms with Crippen LogP contribution in [0.3, 0.4) is 0 Å². The second-order valence-electron chi connectivity index (χ2n) is 8.63. The molecule has 2 N–H and O–H groups in total. The van der Waals surface area contributed by atoms with Gasteiger partial charge in [-0.1, -0.05) is 18.2 Å². The van der Waals surface area contributed by atoms with Crippen molar-refractivity contribution in [3.8, 4) is 11.1 Å². The first-order valence-corrected chi connectivity index (χ1v) is 11.3. The van der Waals surface area contributed by atoms with E-state index < -0.39 is 11.9 Å². The monoisotopic (exact) mass is 461 g/mol. The predicted molar refractivity (Wildman–Crippen MR) is 129 cm³/mol. The van der Waals surface area contributed by atoms with Crippen molar-refractivity contribution in [3.05, 3.63) is 77.6 Å². The number of amides is 2. The molecule has 176 valence electrons. The number of pyridine rings is 1. The van der Waals surface area contributed by atoms with Gasteiger partial charge in [0, 0.05) is 36.4 Å². The minimum Gasteiger partial charge on any atom is -0.339 e. The maximum atomic E-state index is 13.6. The van der Waals surface area contributed by atoms with Crippen molar-refractivity contribution in [2.24, 2.45) is 13.0 Å². The highest BCUT2D eigenvalue weighted by Crippen LogP contribution is 2.29. The molecule has 0 spiro atoms. The Morgan fingerprint density at radius 2 is 1.88 bits per heavy atom. The second-order valence-corrected chi connectivity index (χ2v) is 8.63. The summed E-state index contributed by atoms with van der Waals surface area (Å²) in [5.41, 5.74) is 5.10. The van der Waals surface area contributed by atoms with E-state index in [2.05, 4.69) is 20.7 Å². The molecule has 2 heterocycles. The van der Waals surface area contributed by atoms with E-state index in [1.165, 1.54) is 17.0 Å². The molecule has 0 saturated heterocycles. The lowest BCUT2D eigenvalue weighted by Crippen LogP contribution is -2.49. The number of nitrogens with one attached hydrogen (secondary N) is 2. The van der Waals surface area contributed by atoms with Gasteiger partial charge in [0.2, 0.25) is 5.91 Å². The largest absolute Gasteiger partial charge is 0.339 e. The molecule has 1 aromatic carbocycles. The molecule has 1 unspecified atom stereocenters. The smallest absolute Gasteiger partial charge is 0.270 e. The third kappa shape index (κ3) is 5.06. The van der Waals surface area contributed by atoms with E-state index in [9.17, 15) is 14.0 Å². The fourth-order valence-electron chi connectivity index (χ4n) is 4.41. The van der Waals surface area contributed by atoms with Crippen molar-refractivity contribution in [2.45, 2.75) is 39.2 Å². The summed E-state index contributed by atoms with van der Waals surface area (Å²) in [6, 6.07) is 10.3. The Kier molecular flexibility index (Phi) is 6.86. The molecule has 0 aliphatic heterocycles. The van der Waals surface area contributed by atoms with Crippen LogP contribution < -0.4 is 10.6 Å². The quantitative estimate of drug-likeness (QED) is 0.566. The molecular formula is C26H28FN5O2. The van der Waals surface area contributed by atoms with Gasteiger partial charge < -0.3 is 10.6 Å². The zero-order valence-corrected chi connectivity index (χ0v) is 19.5. The first kappa shape index (κ1) is 23.4. The fraction of sp³-hybridized carbons (Fsp3) is 0.308. The average molecular weight is 462 g/mol. The molecule has 7 nitrogen and oxygen atoms in total. The lowest BCUT2D eigenvalue weighted by atomic mass is 9.86. The molecule has 4 rings (SSSR count). The van der Waals surface area contributed by atoms with E-state index in [1.807, 2.05) is 44.2 Å². The van der Waals surface area contributed by atoms with Crippen LogP contribution >= 0.6 is 0 Å². The fourth-order valence-corrected chi connectivity index (χ4v) is 4.41. The van der Waals surface area contributed by atoms with Crippen molar-refractivity contribution in [2.75, 3.05) is 5.32 Å². The van der Waals surface area contributed by atoms with Gasteiger partial charge >= 0.3 is 0 Å². The highest BCUT2D eigenvalue weighted by Gasteiger charge is 2.32. The molecule has 0 fully saturated rings. The summed E-state index contributed by atoms with van der Waals surface area (Å²) < 4.78 is 15.0. The van der Waals surface area contributed by atoms with Crippen LogP contribution in [0.4, 0.5) is 10.1 Å². The third-order valence-corrected chi connectivity index (χ3v) is 6.28. The van der Waals surface area contributed by atoms with E-state index in [-0.39, 0.29) is 24.1 Å². The maximum absolute atomic E-state index is 13.6. The van der Waals surface area contributed by atoms with Crippen molar-refractivity contribution in [3.63, 3.8) is 0 Å². The number of aromatic nitrogens is 3. The number of halogens is 1. The first-order chi connectivity index (χ1) is 16.3. The molecular weight excluding hydrogens is 433 g/mol. The van der Waals surface area contributed by atoms with Crippen LogP contribution in [0.15, 0.2) is 60.7 Å². The summed E-state index contributed by atoms with van der Waals surface area (Å²) in [4.78, 5) is 30.5. The molecule has 0 bridgehead atoms. The van der Waals surface area contributed by atoms with Gasteiger partial charge in [-0.25, -0.2) is 4.39 Å². The molecule has 2 atom stereocenters. The molecule has 0 saturated carbocycles. The standard InChI is InChI=1S/C26H28FN5O2/c1-16-12-14-28-17(2)23(16)18-6-10-21(11-7-18)30-26(34)24(19-4-8-20(27)9-5-19)31-25(33)22-13-15-29-32(22)3/h6-8,10-15,19,24H,4-5,9H2,1-3H3,(H,30,34)(H,31,33)/t19?,24-/m0/s1. The number of carbonyl (C=O) groups is 2. The molecule has 2 amide bonds. The van der Waals surface area contributed by atoms with Gasteiger partial charge in [0.15, 0.2) is 0 Å². The molecule has 3 aromatic rings. The number of nitrogens with zero attached hydrogens (tertiary/aromatic N) is 3. The lowest BCUT2D eigenvalue weighted by molar-refractivity contribution is -0.119. The minimum absolute atomic E-state index is 0.176. The minimum atomic E-state index is -0.811. The Labute approximate surface area is 198 Å². The Bertz CT molecular complexity index is 1210. The number of allylic oxidation sites excluding steroid dienone is 2. The number of benzene rings is 1. The van der Waals surface area contributed by atoms with Crippen LogP contribution in [0, 0.1) is 19.8 Å². The van der Waals surface area contributed by atoms with Crippen LogP contribution in [0.2, 0.25) is 0 Å². The van der Waals surface area contributed by atoms with E-state index >= 15 is 0 Å². The van der Waals surface area contributed by atoms with Crippen molar-refractivity contribution in [1.82, 2.24) is 20.1 Å². The summed E-state index contributed by atoms with van der Waals surface area (Å²) in [5, 5.41) is 9.78. The second kappa shape index (κ2) is 9.99. The first-order valence-electron chi connectivity index (χ1n) is 11.3. The van der Waals surface area contributed by atoms with Gasteiger partial charge in [-0.15, -0.1) is 0 Å². The van der Waals surface area contributed by atoms with Crippen molar-refractivity contribution < 1.29 is 14.0 Å². The van der Waals surface area contributed by atoms with E-state index in [0.29, 0.717) is 24.2 Å².